The second-order valence-corrected chi connectivity index (χ2v) is 8.43. The summed E-state index contributed by atoms with van der Waals surface area (Å²) < 4.78 is 31.6. The van der Waals surface area contributed by atoms with Gasteiger partial charge in [-0.3, -0.25) is 4.79 Å². The Balaban J connectivity index is 2.17. The topological polar surface area (TPSA) is 122 Å². The van der Waals surface area contributed by atoms with Crippen molar-refractivity contribution >= 4 is 33.7 Å². The van der Waals surface area contributed by atoms with Crippen LogP contribution in [0.4, 0.5) is 0 Å². The number of rotatable bonds is 8. The maximum absolute atomic E-state index is 12.4. The molecule has 1 saturated heterocycles. The fraction of sp³-hybridized carbons (Fsp3) is 0.467. The van der Waals surface area contributed by atoms with Crippen LogP contribution >= 0.6 is 11.8 Å². The molecule has 1 aromatic carbocycles. The summed E-state index contributed by atoms with van der Waals surface area (Å²) >= 11 is 1.45. The lowest BCUT2D eigenvalue weighted by molar-refractivity contribution is -0.143. The van der Waals surface area contributed by atoms with Gasteiger partial charge >= 0.3 is 5.97 Å². The Morgan fingerprint density at radius 1 is 1.40 bits per heavy atom. The van der Waals surface area contributed by atoms with Crippen molar-refractivity contribution in [2.45, 2.75) is 16.9 Å². The molecular weight excluding hydrogens is 368 g/mol. The number of aliphatic carboxylic acids is 1. The van der Waals surface area contributed by atoms with Gasteiger partial charge in [0.25, 0.3) is 5.91 Å². The Morgan fingerprint density at radius 2 is 2.16 bits per heavy atom. The average molecular weight is 388 g/mol. The van der Waals surface area contributed by atoms with Crippen LogP contribution in [-0.4, -0.2) is 62.7 Å². The molecule has 1 aromatic rings. The molecule has 10 heteroatoms. The van der Waals surface area contributed by atoms with E-state index in [-0.39, 0.29) is 29.4 Å². The van der Waals surface area contributed by atoms with Crippen molar-refractivity contribution < 1.29 is 27.9 Å². The van der Waals surface area contributed by atoms with E-state index in [0.717, 1.165) is 0 Å². The maximum Gasteiger partial charge on any atom is 0.330 e. The van der Waals surface area contributed by atoms with Gasteiger partial charge in [-0.25, -0.2) is 17.9 Å². The summed E-state index contributed by atoms with van der Waals surface area (Å²) in [7, 11) is -2.32. The van der Waals surface area contributed by atoms with Crippen LogP contribution in [0.3, 0.4) is 0 Å². The van der Waals surface area contributed by atoms with Gasteiger partial charge in [-0.15, -0.1) is 0 Å². The van der Waals surface area contributed by atoms with Crippen LogP contribution in [0.5, 0.6) is 0 Å². The first-order valence-corrected chi connectivity index (χ1v) is 10.2. The number of carbonyl (C=O) groups is 2. The molecule has 1 aliphatic heterocycles. The molecule has 0 radical (unpaired) electrons. The first-order chi connectivity index (χ1) is 11.8. The summed E-state index contributed by atoms with van der Waals surface area (Å²) in [4.78, 5) is 23.9. The number of carbonyl (C=O) groups excluding carboxylic acids is 1. The Hall–Kier alpha value is -1.62. The molecule has 1 fully saturated rings. The van der Waals surface area contributed by atoms with Crippen molar-refractivity contribution in [3.8, 4) is 0 Å². The third-order valence-electron chi connectivity index (χ3n) is 3.79. The molecule has 1 aliphatic rings. The monoisotopic (exact) mass is 388 g/mol. The second kappa shape index (κ2) is 8.17. The number of benzene rings is 1. The largest absolute Gasteiger partial charge is 0.479 e. The summed E-state index contributed by atoms with van der Waals surface area (Å²) in [5.74, 6) is -0.774. The molecule has 25 heavy (non-hydrogen) atoms. The van der Waals surface area contributed by atoms with Gasteiger partial charge < -0.3 is 15.2 Å². The minimum absolute atomic E-state index is 0.0681. The predicted octanol–water partition coefficient (Wildman–Crippen LogP) is 0.301. The van der Waals surface area contributed by atoms with Gasteiger partial charge in [-0.2, -0.15) is 11.8 Å². The van der Waals surface area contributed by atoms with Gasteiger partial charge in [0.1, 0.15) is 5.54 Å². The van der Waals surface area contributed by atoms with Crippen molar-refractivity contribution in [1.82, 2.24) is 10.0 Å². The zero-order valence-electron chi connectivity index (χ0n) is 13.6. The second-order valence-electron chi connectivity index (χ2n) is 5.56. The standard InChI is InChI=1S/C15H20N2O6S2/c1-23-7-6-16-25(21,22)12-4-2-3-11(9-12)13(18)17-15(14(19)20)5-8-24-10-15/h2-4,9,16H,5-8,10H2,1H3,(H,17,18)(H,19,20). The SMILES string of the molecule is COCCNS(=O)(=O)c1cccc(C(=O)NC2(C(=O)O)CCSC2)c1. The quantitative estimate of drug-likeness (QED) is 0.548. The van der Waals surface area contributed by atoms with E-state index >= 15 is 0 Å². The van der Waals surface area contributed by atoms with Gasteiger partial charge in [0.15, 0.2) is 0 Å². The number of nitrogens with one attached hydrogen (secondary N) is 2. The van der Waals surface area contributed by atoms with Crippen molar-refractivity contribution in [3.05, 3.63) is 29.8 Å². The molecule has 138 valence electrons. The zero-order chi connectivity index (χ0) is 18.5. The van der Waals surface area contributed by atoms with E-state index in [9.17, 15) is 23.1 Å². The molecule has 1 atom stereocenters. The summed E-state index contributed by atoms with van der Waals surface area (Å²) in [6, 6.07) is 5.48. The molecular formula is C15H20N2O6S2. The molecule has 0 aliphatic carbocycles. The van der Waals surface area contributed by atoms with Crippen molar-refractivity contribution in [1.29, 1.82) is 0 Å². The molecule has 1 amide bonds. The minimum Gasteiger partial charge on any atom is -0.479 e. The predicted molar refractivity (Wildman–Crippen MR) is 93.3 cm³/mol. The third-order valence-corrected chi connectivity index (χ3v) is 6.44. The Bertz CT molecular complexity index is 744. The fourth-order valence-corrected chi connectivity index (χ4v) is 4.73. The molecule has 0 bridgehead atoms. The lowest BCUT2D eigenvalue weighted by Gasteiger charge is -2.24. The first-order valence-electron chi connectivity index (χ1n) is 7.53. The van der Waals surface area contributed by atoms with Crippen LogP contribution in [-0.2, 0) is 19.6 Å². The number of methoxy groups -OCH3 is 1. The number of thioether (sulfide) groups is 1. The Morgan fingerprint density at radius 3 is 2.76 bits per heavy atom. The van der Waals surface area contributed by atoms with Gasteiger partial charge in [-0.05, 0) is 30.4 Å². The van der Waals surface area contributed by atoms with E-state index in [1.54, 1.807) is 0 Å². The smallest absolute Gasteiger partial charge is 0.330 e. The normalized spacial score (nSPS) is 20.4. The number of hydrogen-bond donors (Lipinski definition) is 3. The van der Waals surface area contributed by atoms with E-state index in [1.165, 1.54) is 43.1 Å². The lowest BCUT2D eigenvalue weighted by atomic mass is 9.98. The number of sulfonamides is 1. The van der Waals surface area contributed by atoms with Crippen molar-refractivity contribution in [3.63, 3.8) is 0 Å². The molecule has 1 unspecified atom stereocenters. The third kappa shape index (κ3) is 4.72. The molecule has 0 saturated carbocycles. The summed E-state index contributed by atoms with van der Waals surface area (Å²) in [5, 5.41) is 12.0. The van der Waals surface area contributed by atoms with E-state index in [1.807, 2.05) is 0 Å². The van der Waals surface area contributed by atoms with Crippen molar-refractivity contribution in [2.75, 3.05) is 31.8 Å². The van der Waals surface area contributed by atoms with E-state index < -0.39 is 27.4 Å². The molecule has 3 N–H and O–H groups in total. The Kier molecular flexibility index (Phi) is 6.44. The van der Waals surface area contributed by atoms with E-state index in [4.69, 9.17) is 4.74 Å². The van der Waals surface area contributed by atoms with Crippen LogP contribution in [0.1, 0.15) is 16.8 Å². The maximum atomic E-state index is 12.4. The molecule has 8 nitrogen and oxygen atoms in total. The zero-order valence-corrected chi connectivity index (χ0v) is 15.3. The molecule has 0 aromatic heterocycles. The highest BCUT2D eigenvalue weighted by atomic mass is 32.2. The highest BCUT2D eigenvalue weighted by Gasteiger charge is 2.43. The van der Waals surface area contributed by atoms with Gasteiger partial charge in [-0.1, -0.05) is 6.07 Å². The van der Waals surface area contributed by atoms with Crippen molar-refractivity contribution in [2.24, 2.45) is 0 Å². The van der Waals surface area contributed by atoms with Crippen LogP contribution < -0.4 is 10.0 Å². The van der Waals surface area contributed by atoms with Crippen LogP contribution in [0.2, 0.25) is 0 Å². The molecule has 2 rings (SSSR count). The van der Waals surface area contributed by atoms with Crippen LogP contribution in [0, 0.1) is 0 Å². The van der Waals surface area contributed by atoms with Gasteiger partial charge in [0.05, 0.1) is 11.5 Å². The number of carboxylic acid groups (broad SMARTS) is 1. The lowest BCUT2D eigenvalue weighted by Crippen LogP contribution is -2.54. The number of hydrogen-bond acceptors (Lipinski definition) is 6. The van der Waals surface area contributed by atoms with Crippen LogP contribution in [0.25, 0.3) is 0 Å². The minimum atomic E-state index is -3.78. The van der Waals surface area contributed by atoms with Crippen LogP contribution in [0.15, 0.2) is 29.2 Å². The molecule has 0 spiro atoms. The number of ether oxygens (including phenoxy) is 1. The summed E-state index contributed by atoms with van der Waals surface area (Å²) in [6.07, 6.45) is 0.329. The van der Waals surface area contributed by atoms with Gasteiger partial charge in [0.2, 0.25) is 10.0 Å². The fourth-order valence-electron chi connectivity index (χ4n) is 2.34. The Labute approximate surface area is 150 Å². The molecule has 1 heterocycles. The first kappa shape index (κ1) is 19.7. The highest BCUT2D eigenvalue weighted by Crippen LogP contribution is 2.28. The van der Waals surface area contributed by atoms with E-state index in [0.29, 0.717) is 12.2 Å². The van der Waals surface area contributed by atoms with Gasteiger partial charge in [0, 0.05) is 25.0 Å². The highest BCUT2D eigenvalue weighted by molar-refractivity contribution is 7.99. The van der Waals surface area contributed by atoms with E-state index in [2.05, 4.69) is 10.0 Å². The summed E-state index contributed by atoms with van der Waals surface area (Å²) in [6.45, 7) is 0.326. The summed E-state index contributed by atoms with van der Waals surface area (Å²) in [5.41, 5.74) is -1.22. The average Bonchev–Trinajstić information content (AvgIpc) is 3.05. The number of amides is 1. The number of carboxylic acids is 1.